The third-order valence-corrected chi connectivity index (χ3v) is 2.85. The summed E-state index contributed by atoms with van der Waals surface area (Å²) in [6.07, 6.45) is 4.69. The molecule has 110 valence electrons. The molecule has 0 aliphatic rings. The molecule has 0 saturated carbocycles. The van der Waals surface area contributed by atoms with Crippen LogP contribution in [0.3, 0.4) is 0 Å². The predicted octanol–water partition coefficient (Wildman–Crippen LogP) is 1.69. The normalized spacial score (nSPS) is 16.5. The Balaban J connectivity index is 3.34. The molecule has 0 aliphatic heterocycles. The smallest absolute Gasteiger partial charge is 0.0897 e. The van der Waals surface area contributed by atoms with E-state index in [0.29, 0.717) is 19.6 Å². The maximum atomic E-state index is 9.68. The third kappa shape index (κ3) is 12.3. The van der Waals surface area contributed by atoms with Crippen LogP contribution in [0.1, 0.15) is 52.9 Å². The molecule has 0 fully saturated rings. The molecule has 0 saturated heterocycles. The van der Waals surface area contributed by atoms with Crippen LogP contribution in [-0.2, 0) is 4.74 Å². The van der Waals surface area contributed by atoms with Gasteiger partial charge in [-0.2, -0.15) is 0 Å². The Morgan fingerprint density at radius 3 is 2.44 bits per heavy atom. The molecule has 18 heavy (non-hydrogen) atoms. The lowest BCUT2D eigenvalue weighted by Crippen LogP contribution is -2.37. The van der Waals surface area contributed by atoms with Gasteiger partial charge in [-0.15, -0.1) is 0 Å². The molecule has 0 aromatic heterocycles. The lowest BCUT2D eigenvalue weighted by molar-refractivity contribution is 0.0335. The van der Waals surface area contributed by atoms with Gasteiger partial charge in [0.25, 0.3) is 0 Å². The van der Waals surface area contributed by atoms with E-state index in [1.807, 2.05) is 6.92 Å². The minimum Gasteiger partial charge on any atom is -0.393 e. The molecule has 4 nitrogen and oxygen atoms in total. The van der Waals surface area contributed by atoms with Crippen molar-refractivity contribution in [3.05, 3.63) is 0 Å². The maximum absolute atomic E-state index is 9.68. The van der Waals surface area contributed by atoms with Gasteiger partial charge in [-0.25, -0.2) is 0 Å². The summed E-state index contributed by atoms with van der Waals surface area (Å²) in [6, 6.07) is 0.212. The van der Waals surface area contributed by atoms with Crippen molar-refractivity contribution in [1.29, 1.82) is 0 Å². The van der Waals surface area contributed by atoms with Gasteiger partial charge in [0.15, 0.2) is 0 Å². The maximum Gasteiger partial charge on any atom is 0.0897 e. The zero-order valence-electron chi connectivity index (χ0n) is 12.2. The fourth-order valence-corrected chi connectivity index (χ4v) is 1.84. The highest BCUT2D eigenvalue weighted by atomic mass is 16.5. The first kappa shape index (κ1) is 17.8. The predicted molar refractivity (Wildman–Crippen MR) is 74.7 cm³/mol. The van der Waals surface area contributed by atoms with Crippen LogP contribution in [0.15, 0.2) is 0 Å². The van der Waals surface area contributed by atoms with Crippen LogP contribution in [0.5, 0.6) is 0 Å². The minimum atomic E-state index is -0.465. The van der Waals surface area contributed by atoms with Crippen LogP contribution in [0, 0.1) is 0 Å². The first-order chi connectivity index (χ1) is 8.56. The summed E-state index contributed by atoms with van der Waals surface area (Å²) < 4.78 is 5.42. The highest BCUT2D eigenvalue weighted by molar-refractivity contribution is 4.67. The number of rotatable bonds is 12. The molecule has 0 aromatic carbocycles. The first-order valence-corrected chi connectivity index (χ1v) is 7.23. The highest BCUT2D eigenvalue weighted by Gasteiger charge is 2.09. The standard InChI is InChI=1S/C14H31NO3/c1-4-5-6-7-8-18-11-14(17)10-15-12(2)9-13(3)16/h12-17H,4-11H2,1-3H3. The molecule has 3 atom stereocenters. The third-order valence-electron chi connectivity index (χ3n) is 2.85. The monoisotopic (exact) mass is 261 g/mol. The highest BCUT2D eigenvalue weighted by Crippen LogP contribution is 2.00. The number of hydrogen-bond donors (Lipinski definition) is 3. The summed E-state index contributed by atoms with van der Waals surface area (Å²) in [6.45, 7) is 7.60. The van der Waals surface area contributed by atoms with Gasteiger partial charge in [0.05, 0.1) is 18.8 Å². The zero-order valence-corrected chi connectivity index (χ0v) is 12.2. The van der Waals surface area contributed by atoms with Gasteiger partial charge in [0, 0.05) is 19.2 Å². The number of ether oxygens (including phenoxy) is 1. The molecule has 0 aliphatic carbocycles. The van der Waals surface area contributed by atoms with E-state index in [-0.39, 0.29) is 12.1 Å². The molecule has 0 aromatic rings. The number of aliphatic hydroxyl groups excluding tert-OH is 2. The second kappa shape index (κ2) is 11.9. The van der Waals surface area contributed by atoms with Gasteiger partial charge in [-0.1, -0.05) is 26.2 Å². The van der Waals surface area contributed by atoms with Gasteiger partial charge >= 0.3 is 0 Å². The van der Waals surface area contributed by atoms with Crippen molar-refractivity contribution in [2.24, 2.45) is 0 Å². The van der Waals surface area contributed by atoms with Crippen molar-refractivity contribution in [3.63, 3.8) is 0 Å². The number of hydrogen-bond acceptors (Lipinski definition) is 4. The molecular formula is C14H31NO3. The SMILES string of the molecule is CCCCCCOCC(O)CNC(C)CC(C)O. The molecule has 0 bridgehead atoms. The van der Waals surface area contributed by atoms with Crippen LogP contribution in [0.25, 0.3) is 0 Å². The average molecular weight is 261 g/mol. The Labute approximate surface area is 112 Å². The van der Waals surface area contributed by atoms with Crippen LogP contribution in [-0.4, -0.2) is 48.2 Å². The molecule has 0 spiro atoms. The summed E-state index contributed by atoms with van der Waals surface area (Å²) in [5, 5.41) is 22.1. The quantitative estimate of drug-likeness (QED) is 0.468. The Kier molecular flexibility index (Phi) is 11.8. The Hall–Kier alpha value is -0.160. The molecule has 0 radical (unpaired) electrons. The van der Waals surface area contributed by atoms with Crippen LogP contribution >= 0.6 is 0 Å². The lowest BCUT2D eigenvalue weighted by Gasteiger charge is -2.18. The van der Waals surface area contributed by atoms with Crippen LogP contribution in [0.4, 0.5) is 0 Å². The van der Waals surface area contributed by atoms with Gasteiger partial charge < -0.3 is 20.3 Å². The van der Waals surface area contributed by atoms with Gasteiger partial charge in [0.2, 0.25) is 0 Å². The zero-order chi connectivity index (χ0) is 13.8. The van der Waals surface area contributed by atoms with Gasteiger partial charge in [0.1, 0.15) is 0 Å². The Morgan fingerprint density at radius 2 is 1.83 bits per heavy atom. The Bertz CT molecular complexity index is 176. The van der Waals surface area contributed by atoms with Crippen molar-refractivity contribution in [1.82, 2.24) is 5.32 Å². The second-order valence-electron chi connectivity index (χ2n) is 5.18. The van der Waals surface area contributed by atoms with Crippen LogP contribution < -0.4 is 5.32 Å². The fraction of sp³-hybridized carbons (Fsp3) is 1.00. The summed E-state index contributed by atoms with van der Waals surface area (Å²) in [4.78, 5) is 0. The molecule has 0 amide bonds. The van der Waals surface area contributed by atoms with Crippen molar-refractivity contribution in [2.45, 2.75) is 71.1 Å². The van der Waals surface area contributed by atoms with Gasteiger partial charge in [-0.3, -0.25) is 0 Å². The van der Waals surface area contributed by atoms with E-state index < -0.39 is 6.10 Å². The van der Waals surface area contributed by atoms with E-state index in [1.54, 1.807) is 6.92 Å². The van der Waals surface area contributed by atoms with E-state index in [1.165, 1.54) is 19.3 Å². The summed E-state index contributed by atoms with van der Waals surface area (Å²) in [5.41, 5.74) is 0. The largest absolute Gasteiger partial charge is 0.393 e. The van der Waals surface area contributed by atoms with Crippen molar-refractivity contribution in [3.8, 4) is 0 Å². The first-order valence-electron chi connectivity index (χ1n) is 7.23. The number of aliphatic hydroxyl groups is 2. The molecule has 3 unspecified atom stereocenters. The summed E-state index contributed by atoms with van der Waals surface area (Å²) in [7, 11) is 0. The molecular weight excluding hydrogens is 230 g/mol. The van der Waals surface area contributed by atoms with Crippen molar-refractivity contribution >= 4 is 0 Å². The van der Waals surface area contributed by atoms with E-state index >= 15 is 0 Å². The summed E-state index contributed by atoms with van der Waals surface area (Å²) >= 11 is 0. The molecule has 3 N–H and O–H groups in total. The molecule has 4 heteroatoms. The van der Waals surface area contributed by atoms with Gasteiger partial charge in [-0.05, 0) is 26.7 Å². The minimum absolute atomic E-state index is 0.212. The van der Waals surface area contributed by atoms with E-state index in [0.717, 1.165) is 13.0 Å². The van der Waals surface area contributed by atoms with E-state index in [4.69, 9.17) is 4.74 Å². The Morgan fingerprint density at radius 1 is 1.11 bits per heavy atom. The molecule has 0 rings (SSSR count). The van der Waals surface area contributed by atoms with Crippen molar-refractivity contribution in [2.75, 3.05) is 19.8 Å². The molecule has 0 heterocycles. The fourth-order valence-electron chi connectivity index (χ4n) is 1.84. The topological polar surface area (TPSA) is 61.7 Å². The average Bonchev–Trinajstić information content (AvgIpc) is 2.30. The van der Waals surface area contributed by atoms with E-state index in [9.17, 15) is 10.2 Å². The number of unbranched alkanes of at least 4 members (excludes halogenated alkanes) is 3. The van der Waals surface area contributed by atoms with Crippen LogP contribution in [0.2, 0.25) is 0 Å². The van der Waals surface area contributed by atoms with Crippen molar-refractivity contribution < 1.29 is 14.9 Å². The summed E-state index contributed by atoms with van der Waals surface area (Å²) in [5.74, 6) is 0. The second-order valence-corrected chi connectivity index (χ2v) is 5.18. The lowest BCUT2D eigenvalue weighted by atomic mass is 10.1. The number of nitrogens with one attached hydrogen (secondary N) is 1. The van der Waals surface area contributed by atoms with E-state index in [2.05, 4.69) is 12.2 Å².